The van der Waals surface area contributed by atoms with Crippen LogP contribution < -0.4 is 10.6 Å². The van der Waals surface area contributed by atoms with Crippen molar-refractivity contribution in [1.29, 1.82) is 0 Å². The summed E-state index contributed by atoms with van der Waals surface area (Å²) in [5.74, 6) is -3.43. The molecule has 0 unspecified atom stereocenters. The van der Waals surface area contributed by atoms with Crippen LogP contribution in [0, 0.1) is 6.92 Å². The maximum Gasteiger partial charge on any atom is 0.307 e. The monoisotopic (exact) mass is 618 g/mol. The number of benzene rings is 3. The predicted molar refractivity (Wildman–Crippen MR) is 152 cm³/mol. The van der Waals surface area contributed by atoms with Crippen LogP contribution in [0.4, 0.5) is 11.4 Å². The number of phenolic OH excluding ortho intramolecular Hbond substituents is 1. The van der Waals surface area contributed by atoms with Crippen molar-refractivity contribution in [3.8, 4) is 5.75 Å². The molecule has 5 rings (SSSR count). The Labute approximate surface area is 248 Å². The number of carboxylic acid groups (broad SMARTS) is 1. The summed E-state index contributed by atoms with van der Waals surface area (Å²) in [6.45, 7) is 3.27. The average Bonchev–Trinajstić information content (AvgIpc) is 3.32. The number of carbonyl (C=O) groups is 6. The second-order valence-electron chi connectivity index (χ2n) is 8.92. The molecule has 0 atom stereocenters. The minimum atomic E-state index is -0.992. The second-order valence-corrected chi connectivity index (χ2v) is 10.2. The number of ketones is 3. The topological polar surface area (TPSA) is 167 Å². The van der Waals surface area contributed by atoms with Gasteiger partial charge in [0.1, 0.15) is 11.5 Å². The third-order valence-electron chi connectivity index (χ3n) is 5.74. The number of halogens is 3. The number of aromatic hydroxyl groups is 1. The Morgan fingerprint density at radius 1 is 0.780 bits per heavy atom. The first-order chi connectivity index (χ1) is 19.2. The Morgan fingerprint density at radius 2 is 1.39 bits per heavy atom. The fraction of sp³-hybridized carbons (Fsp3) is 0.143. The van der Waals surface area contributed by atoms with E-state index in [0.29, 0.717) is 32.5 Å². The molecule has 0 radical (unpaired) electrons. The number of nitrogens with one attached hydrogen (secondary N) is 2. The number of hydrogen-bond donors (Lipinski definition) is 4. The molecule has 0 aromatic heterocycles. The molecule has 0 spiro atoms. The smallest absolute Gasteiger partial charge is 0.307 e. The number of carboxylic acids is 1. The second kappa shape index (κ2) is 12.9. The Balaban J connectivity index is 0.000000171. The largest absolute Gasteiger partial charge is 0.508 e. The molecule has 13 heteroatoms. The lowest BCUT2D eigenvalue weighted by Crippen LogP contribution is -2.12. The summed E-state index contributed by atoms with van der Waals surface area (Å²) in [6, 6.07) is 10.7. The molecule has 0 aliphatic carbocycles. The Hall–Kier alpha value is -4.25. The van der Waals surface area contributed by atoms with Crippen molar-refractivity contribution in [2.75, 3.05) is 10.6 Å². The van der Waals surface area contributed by atoms with Crippen LogP contribution >= 0.6 is 34.8 Å². The van der Waals surface area contributed by atoms with E-state index in [0.717, 1.165) is 11.1 Å². The van der Waals surface area contributed by atoms with Crippen molar-refractivity contribution in [1.82, 2.24) is 0 Å². The van der Waals surface area contributed by atoms with Gasteiger partial charge in [-0.05, 0) is 61.4 Å². The van der Waals surface area contributed by atoms with Gasteiger partial charge in [-0.1, -0.05) is 40.9 Å². The van der Waals surface area contributed by atoms with Crippen LogP contribution in [-0.2, 0) is 32.0 Å². The Morgan fingerprint density at radius 3 is 2.02 bits per heavy atom. The van der Waals surface area contributed by atoms with E-state index in [1.165, 1.54) is 31.2 Å². The van der Waals surface area contributed by atoms with Crippen molar-refractivity contribution in [2.24, 2.45) is 0 Å². The average molecular weight is 620 g/mol. The van der Waals surface area contributed by atoms with Gasteiger partial charge in [-0.3, -0.25) is 28.8 Å². The Bertz CT molecular complexity index is 1590. The normalized spacial score (nSPS) is 12.7. The van der Waals surface area contributed by atoms with Crippen LogP contribution in [0.2, 0.25) is 15.1 Å². The van der Waals surface area contributed by atoms with Crippen molar-refractivity contribution in [3.63, 3.8) is 0 Å². The molecule has 2 heterocycles. The molecule has 4 N–H and O–H groups in total. The first-order valence-corrected chi connectivity index (χ1v) is 12.8. The molecule has 2 aliphatic heterocycles. The fourth-order valence-electron chi connectivity index (χ4n) is 3.85. The van der Waals surface area contributed by atoms with E-state index in [1.807, 2.05) is 0 Å². The van der Waals surface area contributed by atoms with Gasteiger partial charge in [0.25, 0.3) is 23.4 Å². The number of hydrogen-bond acceptors (Lipinski definition) is 7. The van der Waals surface area contributed by atoms with E-state index in [-0.39, 0.29) is 35.0 Å². The van der Waals surface area contributed by atoms with E-state index in [9.17, 15) is 33.9 Å². The fourth-order valence-corrected chi connectivity index (χ4v) is 4.56. The molecule has 0 bridgehead atoms. The van der Waals surface area contributed by atoms with E-state index < -0.39 is 29.4 Å². The van der Waals surface area contributed by atoms with Crippen LogP contribution in [0.3, 0.4) is 0 Å². The number of Topliss-reactive ketones (excluding diaryl/α,β-unsaturated/α-hetero) is 3. The van der Waals surface area contributed by atoms with Gasteiger partial charge in [-0.25, -0.2) is 0 Å². The van der Waals surface area contributed by atoms with Gasteiger partial charge in [0.15, 0.2) is 0 Å². The van der Waals surface area contributed by atoms with Gasteiger partial charge in [0, 0.05) is 22.0 Å². The van der Waals surface area contributed by atoms with Gasteiger partial charge < -0.3 is 20.8 Å². The van der Waals surface area contributed by atoms with Crippen molar-refractivity contribution in [2.45, 2.75) is 26.7 Å². The summed E-state index contributed by atoms with van der Waals surface area (Å²) in [5.41, 5.74) is 3.41. The van der Waals surface area contributed by atoms with Crippen LogP contribution in [0.5, 0.6) is 5.75 Å². The van der Waals surface area contributed by atoms with E-state index >= 15 is 0 Å². The van der Waals surface area contributed by atoms with Crippen molar-refractivity contribution >= 4 is 81.3 Å². The van der Waals surface area contributed by atoms with Gasteiger partial charge in [0.2, 0.25) is 0 Å². The van der Waals surface area contributed by atoms with Crippen molar-refractivity contribution in [3.05, 3.63) is 85.3 Å². The predicted octanol–water partition coefficient (Wildman–Crippen LogP) is 5.06. The summed E-state index contributed by atoms with van der Waals surface area (Å²) in [5, 5.41) is 24.1. The highest BCUT2D eigenvalue weighted by molar-refractivity contribution is 6.54. The quantitative estimate of drug-likeness (QED) is 0.294. The van der Waals surface area contributed by atoms with Gasteiger partial charge in [0.05, 0.1) is 33.9 Å². The lowest BCUT2D eigenvalue weighted by Gasteiger charge is -2.08. The first kappa shape index (κ1) is 31.3. The zero-order valence-corrected chi connectivity index (χ0v) is 23.7. The minimum Gasteiger partial charge on any atom is -0.508 e. The number of aryl methyl sites for hydroxylation is 1. The lowest BCUT2D eigenvalue weighted by molar-refractivity contribution is -0.136. The lowest BCUT2D eigenvalue weighted by atomic mass is 9.99. The summed E-state index contributed by atoms with van der Waals surface area (Å²) >= 11 is 17.1. The van der Waals surface area contributed by atoms with E-state index in [1.54, 1.807) is 25.1 Å². The first-order valence-electron chi connectivity index (χ1n) is 11.7. The van der Waals surface area contributed by atoms with Crippen molar-refractivity contribution < 1.29 is 39.0 Å². The molecule has 0 saturated heterocycles. The highest BCUT2D eigenvalue weighted by Gasteiger charge is 2.30. The third-order valence-corrected chi connectivity index (χ3v) is 6.49. The molecule has 3 aromatic rings. The number of carbonyl (C=O) groups excluding carboxylic acids is 5. The highest BCUT2D eigenvalue weighted by atomic mass is 35.5. The number of fused-ring (bicyclic) bond motifs is 2. The number of anilines is 2. The van der Waals surface area contributed by atoms with E-state index in [2.05, 4.69) is 10.6 Å². The SMILES string of the molecule is CC(=O)Cc1cc(O)c(CC(=O)O)cc1C.O=C1Nc2c(Cl)cc(Cl)cc2C1=O.O=C1Nc2ccc(Cl)cc2C1=O. The van der Waals surface area contributed by atoms with Gasteiger partial charge in [-0.2, -0.15) is 0 Å². The molecular formula is C28H21Cl3N2O8. The van der Waals surface area contributed by atoms with Crippen LogP contribution in [0.1, 0.15) is 44.3 Å². The zero-order valence-electron chi connectivity index (χ0n) is 21.4. The molecule has 10 nitrogen and oxygen atoms in total. The summed E-state index contributed by atoms with van der Waals surface area (Å²) in [7, 11) is 0. The van der Waals surface area contributed by atoms with Crippen LogP contribution in [0.15, 0.2) is 42.5 Å². The standard InChI is InChI=1S/C12H14O4.C8H3Cl2NO2.C8H4ClNO2/c1-7-3-10(6-12(15)16)11(14)5-9(7)4-8(2)13;9-3-1-4-6(5(10)2-3)11-8(13)7(4)12;9-4-1-2-6-5(3-4)7(11)8(12)10-6/h3,5,14H,4,6H2,1-2H3,(H,15,16);1-2H,(H,11,12,13);1-3H,(H,10,11,12). The Kier molecular flexibility index (Phi) is 9.88. The highest BCUT2D eigenvalue weighted by Crippen LogP contribution is 2.34. The van der Waals surface area contributed by atoms with E-state index in [4.69, 9.17) is 39.9 Å². The molecule has 2 amide bonds. The zero-order chi connectivity index (χ0) is 30.6. The third kappa shape index (κ3) is 7.69. The summed E-state index contributed by atoms with van der Waals surface area (Å²) < 4.78 is 0. The molecule has 0 fully saturated rings. The molecule has 212 valence electrons. The van der Waals surface area contributed by atoms with Crippen LogP contribution in [0.25, 0.3) is 0 Å². The molecule has 3 aromatic carbocycles. The summed E-state index contributed by atoms with van der Waals surface area (Å²) in [4.78, 5) is 65.5. The number of rotatable bonds is 4. The maximum absolute atomic E-state index is 11.2. The molecular weight excluding hydrogens is 599 g/mol. The number of amides is 2. The van der Waals surface area contributed by atoms with Gasteiger partial charge >= 0.3 is 5.97 Å². The maximum atomic E-state index is 11.2. The van der Waals surface area contributed by atoms with Gasteiger partial charge in [-0.15, -0.1) is 0 Å². The summed E-state index contributed by atoms with van der Waals surface area (Å²) in [6.07, 6.45) is 0.0414. The number of phenols is 1. The molecule has 2 aliphatic rings. The van der Waals surface area contributed by atoms with Crippen LogP contribution in [-0.4, -0.2) is 45.3 Å². The molecule has 41 heavy (non-hydrogen) atoms. The minimum absolute atomic E-state index is 0.00786. The molecule has 0 saturated carbocycles. The number of aliphatic carboxylic acids is 1.